The van der Waals surface area contributed by atoms with Crippen molar-refractivity contribution in [3.05, 3.63) is 29.3 Å². The molecule has 0 bridgehead atoms. The number of carbonyl (C=O) groups is 2. The maximum atomic E-state index is 12.6. The Hall–Kier alpha value is -1.49. The second-order valence-electron chi connectivity index (χ2n) is 9.87. The summed E-state index contributed by atoms with van der Waals surface area (Å²) >= 11 is 1.72. The Morgan fingerprint density at radius 3 is 2.71 bits per heavy atom. The van der Waals surface area contributed by atoms with Gasteiger partial charge in [0.1, 0.15) is 0 Å². The van der Waals surface area contributed by atoms with Crippen LogP contribution < -0.4 is 0 Å². The second-order valence-corrected chi connectivity index (χ2v) is 11.0. The largest absolute Gasteiger partial charge is 0.465 e. The van der Waals surface area contributed by atoms with Crippen molar-refractivity contribution in [2.24, 2.45) is 11.8 Å². The molecule has 0 radical (unpaired) electrons. The number of rotatable bonds is 11. The smallest absolute Gasteiger partial charge is 0.306 e. The van der Waals surface area contributed by atoms with Crippen molar-refractivity contribution in [3.8, 4) is 0 Å². The second kappa shape index (κ2) is 10.9. The first-order chi connectivity index (χ1) is 14.8. The maximum Gasteiger partial charge on any atom is 0.306 e. The average molecular weight is 446 g/mol. The van der Waals surface area contributed by atoms with Gasteiger partial charge in [-0.05, 0) is 48.4 Å². The predicted molar refractivity (Wildman–Crippen MR) is 127 cm³/mol. The number of ether oxygens (including phenoxy) is 1. The minimum absolute atomic E-state index is 0.0543. The first kappa shape index (κ1) is 24.2. The molecule has 5 heteroatoms. The summed E-state index contributed by atoms with van der Waals surface area (Å²) in [7, 11) is 0. The molecule has 1 saturated carbocycles. The fourth-order valence-corrected chi connectivity index (χ4v) is 5.28. The van der Waals surface area contributed by atoms with Crippen LogP contribution >= 0.6 is 11.8 Å². The molecule has 0 aromatic heterocycles. The third-order valence-corrected chi connectivity index (χ3v) is 7.59. The van der Waals surface area contributed by atoms with Gasteiger partial charge in [-0.15, -0.1) is 11.8 Å². The Morgan fingerprint density at radius 1 is 1.26 bits per heavy atom. The molecule has 1 aliphatic carbocycles. The van der Waals surface area contributed by atoms with Crippen LogP contribution in [0, 0.1) is 11.8 Å². The van der Waals surface area contributed by atoms with Crippen LogP contribution in [0.3, 0.4) is 0 Å². The number of esters is 1. The Balaban J connectivity index is 1.49. The van der Waals surface area contributed by atoms with Crippen molar-refractivity contribution >= 4 is 23.6 Å². The van der Waals surface area contributed by atoms with Gasteiger partial charge in [-0.3, -0.25) is 9.59 Å². The summed E-state index contributed by atoms with van der Waals surface area (Å²) in [6.07, 6.45) is 7.15. The predicted octanol–water partition coefficient (Wildman–Crippen LogP) is 5.96. The molecule has 1 unspecified atom stereocenters. The number of unbranched alkanes of at least 4 members (excludes halogenated alkanes) is 1. The summed E-state index contributed by atoms with van der Waals surface area (Å²) in [5, 5.41) is 0. The van der Waals surface area contributed by atoms with Crippen molar-refractivity contribution in [1.82, 2.24) is 4.90 Å². The minimum Gasteiger partial charge on any atom is -0.465 e. The van der Waals surface area contributed by atoms with Gasteiger partial charge in [0.15, 0.2) is 0 Å². The minimum atomic E-state index is -0.0880. The quantitative estimate of drug-likeness (QED) is 0.311. The van der Waals surface area contributed by atoms with E-state index in [1.165, 1.54) is 28.9 Å². The van der Waals surface area contributed by atoms with Crippen LogP contribution in [0.4, 0.5) is 0 Å². The highest BCUT2D eigenvalue weighted by Gasteiger charge is 2.39. The van der Waals surface area contributed by atoms with Crippen LogP contribution in [-0.4, -0.2) is 35.7 Å². The maximum absolute atomic E-state index is 12.6. The van der Waals surface area contributed by atoms with Crippen molar-refractivity contribution < 1.29 is 14.3 Å². The van der Waals surface area contributed by atoms with Gasteiger partial charge in [-0.2, -0.15) is 0 Å². The molecule has 1 atom stereocenters. The summed E-state index contributed by atoms with van der Waals surface area (Å²) in [6.45, 7) is 10.9. The molecule has 172 valence electrons. The Bertz CT molecular complexity index is 772. The number of thioether (sulfide) groups is 1. The van der Waals surface area contributed by atoms with E-state index in [1.807, 2.05) is 4.90 Å². The van der Waals surface area contributed by atoms with E-state index in [0.717, 1.165) is 44.5 Å². The number of fused-ring (bicyclic) bond motifs is 1. The molecule has 1 aliphatic heterocycles. The van der Waals surface area contributed by atoms with E-state index in [-0.39, 0.29) is 17.3 Å². The SMILES string of the molecule is CCCCC(CC)COC(=O)CCSc1ccc2c(c1)C(C)(C)CN(C(=O)C1CC1)C2. The van der Waals surface area contributed by atoms with E-state index >= 15 is 0 Å². The summed E-state index contributed by atoms with van der Waals surface area (Å²) in [6, 6.07) is 6.57. The average Bonchev–Trinajstić information content (AvgIpc) is 3.58. The standard InChI is InChI=1S/C26H39NO3S/c1-5-7-8-19(6-2)17-30-24(28)13-14-31-22-12-11-21-16-27(25(29)20-9-10-20)18-26(3,4)23(21)15-22/h11-12,15,19-20H,5-10,13-14,16-18H2,1-4H3. The van der Waals surface area contributed by atoms with Crippen LogP contribution in [0.5, 0.6) is 0 Å². The molecular formula is C26H39NO3S. The summed E-state index contributed by atoms with van der Waals surface area (Å²) < 4.78 is 5.52. The van der Waals surface area contributed by atoms with Gasteiger partial charge in [0.2, 0.25) is 5.91 Å². The lowest BCUT2D eigenvalue weighted by Gasteiger charge is -2.40. The zero-order valence-corrected chi connectivity index (χ0v) is 20.6. The number of hydrogen-bond donors (Lipinski definition) is 0. The van der Waals surface area contributed by atoms with E-state index in [1.54, 1.807) is 11.8 Å². The molecule has 2 aliphatic rings. The first-order valence-corrected chi connectivity index (χ1v) is 13.0. The van der Waals surface area contributed by atoms with Crippen molar-refractivity contribution in [2.45, 2.75) is 89.5 Å². The van der Waals surface area contributed by atoms with Gasteiger partial charge >= 0.3 is 5.97 Å². The van der Waals surface area contributed by atoms with Crippen LogP contribution in [0.25, 0.3) is 0 Å². The van der Waals surface area contributed by atoms with Crippen molar-refractivity contribution in [3.63, 3.8) is 0 Å². The molecule has 0 saturated heterocycles. The topological polar surface area (TPSA) is 46.6 Å². The molecule has 0 N–H and O–H groups in total. The number of carbonyl (C=O) groups excluding carboxylic acids is 2. The van der Waals surface area contributed by atoms with Gasteiger partial charge < -0.3 is 9.64 Å². The number of hydrogen-bond acceptors (Lipinski definition) is 4. The Kier molecular flexibility index (Phi) is 8.49. The molecule has 1 amide bonds. The van der Waals surface area contributed by atoms with E-state index in [2.05, 4.69) is 45.9 Å². The molecule has 0 spiro atoms. The van der Waals surface area contributed by atoms with Gasteiger partial charge in [0.05, 0.1) is 13.0 Å². The zero-order valence-electron chi connectivity index (χ0n) is 19.7. The van der Waals surface area contributed by atoms with Gasteiger partial charge in [0.25, 0.3) is 0 Å². The lowest BCUT2D eigenvalue weighted by Crippen LogP contribution is -2.45. The van der Waals surface area contributed by atoms with Crippen molar-refractivity contribution in [2.75, 3.05) is 18.9 Å². The van der Waals surface area contributed by atoms with Crippen molar-refractivity contribution in [1.29, 1.82) is 0 Å². The third-order valence-electron chi connectivity index (χ3n) is 6.59. The highest BCUT2D eigenvalue weighted by atomic mass is 32.2. The Morgan fingerprint density at radius 2 is 2.03 bits per heavy atom. The van der Waals surface area contributed by atoms with Crippen LogP contribution in [0.1, 0.15) is 83.8 Å². The van der Waals surface area contributed by atoms with E-state index < -0.39 is 0 Å². The number of nitrogens with zero attached hydrogens (tertiary/aromatic N) is 1. The van der Waals surface area contributed by atoms with Crippen LogP contribution in [0.2, 0.25) is 0 Å². The normalized spacial score (nSPS) is 18.4. The van der Waals surface area contributed by atoms with Gasteiger partial charge in [-0.1, -0.05) is 53.0 Å². The van der Waals surface area contributed by atoms with Gasteiger partial charge in [0, 0.05) is 35.1 Å². The highest BCUT2D eigenvalue weighted by molar-refractivity contribution is 7.99. The van der Waals surface area contributed by atoms with Gasteiger partial charge in [-0.25, -0.2) is 0 Å². The molecular weight excluding hydrogens is 406 g/mol. The molecule has 4 nitrogen and oxygen atoms in total. The third kappa shape index (κ3) is 6.74. The lowest BCUT2D eigenvalue weighted by molar-refractivity contribution is -0.144. The summed E-state index contributed by atoms with van der Waals surface area (Å²) in [4.78, 5) is 28.0. The van der Waals surface area contributed by atoms with E-state index in [4.69, 9.17) is 4.74 Å². The number of benzene rings is 1. The van der Waals surface area contributed by atoms with E-state index in [9.17, 15) is 9.59 Å². The number of amides is 1. The molecule has 1 aromatic rings. The lowest BCUT2D eigenvalue weighted by atomic mass is 9.78. The zero-order chi connectivity index (χ0) is 22.4. The molecule has 31 heavy (non-hydrogen) atoms. The molecule has 1 heterocycles. The fraction of sp³-hybridized carbons (Fsp3) is 0.692. The summed E-state index contributed by atoms with van der Waals surface area (Å²) in [5.74, 6) is 1.73. The monoisotopic (exact) mass is 445 g/mol. The Labute approximate surface area is 192 Å². The molecule has 1 fully saturated rings. The van der Waals surface area contributed by atoms with E-state index in [0.29, 0.717) is 24.9 Å². The first-order valence-electron chi connectivity index (χ1n) is 12.0. The molecule has 1 aromatic carbocycles. The summed E-state index contributed by atoms with van der Waals surface area (Å²) in [5.41, 5.74) is 2.54. The fourth-order valence-electron chi connectivity index (χ4n) is 4.41. The van der Waals surface area contributed by atoms with Crippen LogP contribution in [-0.2, 0) is 26.3 Å². The highest BCUT2D eigenvalue weighted by Crippen LogP contribution is 2.39. The molecule has 3 rings (SSSR count). The van der Waals surface area contributed by atoms with Crippen LogP contribution in [0.15, 0.2) is 23.1 Å².